The molecule has 0 unspecified atom stereocenters. The van der Waals surface area contributed by atoms with Crippen molar-refractivity contribution in [2.75, 3.05) is 31.6 Å². The van der Waals surface area contributed by atoms with E-state index in [1.54, 1.807) is 13.8 Å². The smallest absolute Gasteiger partial charge is 0.381 e. The van der Waals surface area contributed by atoms with Gasteiger partial charge in [0.2, 0.25) is 11.8 Å². The van der Waals surface area contributed by atoms with Gasteiger partial charge in [0.15, 0.2) is 0 Å². The highest BCUT2D eigenvalue weighted by molar-refractivity contribution is 5.93. The quantitative estimate of drug-likeness (QED) is 0.499. The number of nitrogens with zero attached hydrogens (tertiary/aromatic N) is 4. The normalized spacial score (nSPS) is 21.8. The molecule has 6 rings (SSSR count). The summed E-state index contributed by atoms with van der Waals surface area (Å²) in [5.74, 6) is -0.298. The average Bonchev–Trinajstić information content (AvgIpc) is 3.77. The van der Waals surface area contributed by atoms with Gasteiger partial charge in [-0.15, -0.1) is 0 Å². The Morgan fingerprint density at radius 2 is 1.81 bits per heavy atom. The zero-order chi connectivity index (χ0) is 29.8. The van der Waals surface area contributed by atoms with Crippen molar-refractivity contribution in [3.8, 4) is 0 Å². The monoisotopic (exact) mass is 589 g/mol. The van der Waals surface area contributed by atoms with Gasteiger partial charge in [0.1, 0.15) is 17.5 Å². The van der Waals surface area contributed by atoms with Gasteiger partial charge in [-0.2, -0.15) is 13.2 Å². The fraction of sp³-hybridized carbons (Fsp3) is 0.600. The van der Waals surface area contributed by atoms with Crippen LogP contribution in [0.3, 0.4) is 0 Å². The van der Waals surface area contributed by atoms with Crippen LogP contribution in [-0.4, -0.2) is 63.9 Å². The van der Waals surface area contributed by atoms with E-state index < -0.39 is 29.0 Å². The van der Waals surface area contributed by atoms with Crippen LogP contribution >= 0.6 is 0 Å². The largest absolute Gasteiger partial charge is 0.419 e. The first-order valence-electron chi connectivity index (χ1n) is 14.7. The molecule has 12 heteroatoms. The number of halogens is 4. The number of carbonyl (C=O) groups is 2. The molecule has 3 fully saturated rings. The van der Waals surface area contributed by atoms with Crippen molar-refractivity contribution in [2.45, 2.75) is 82.6 Å². The molecule has 1 spiro atoms. The summed E-state index contributed by atoms with van der Waals surface area (Å²) >= 11 is 0. The van der Waals surface area contributed by atoms with Gasteiger partial charge in [0.05, 0.1) is 29.3 Å². The van der Waals surface area contributed by atoms with E-state index in [-0.39, 0.29) is 35.9 Å². The summed E-state index contributed by atoms with van der Waals surface area (Å²) < 4.78 is 60.4. The Balaban J connectivity index is 1.23. The number of nitrogens with one attached hydrogen (secondary N) is 1. The molecule has 1 aromatic carbocycles. The Kier molecular flexibility index (Phi) is 7.39. The Labute approximate surface area is 241 Å². The highest BCUT2D eigenvalue weighted by Gasteiger charge is 2.59. The number of hydrogen-bond donors (Lipinski definition) is 1. The van der Waals surface area contributed by atoms with Gasteiger partial charge in [-0.05, 0) is 58.4 Å². The lowest BCUT2D eigenvalue weighted by Crippen LogP contribution is -2.54. The topological polar surface area (TPSA) is 87.7 Å². The number of fused-ring (bicyclic) bond motifs is 2. The van der Waals surface area contributed by atoms with Gasteiger partial charge in [-0.1, -0.05) is 12.1 Å². The van der Waals surface area contributed by atoms with Crippen molar-refractivity contribution in [3.63, 3.8) is 0 Å². The van der Waals surface area contributed by atoms with Crippen molar-refractivity contribution in [1.29, 1.82) is 0 Å². The van der Waals surface area contributed by atoms with E-state index in [1.807, 2.05) is 9.80 Å². The minimum Gasteiger partial charge on any atom is -0.381 e. The van der Waals surface area contributed by atoms with Gasteiger partial charge >= 0.3 is 6.18 Å². The molecule has 4 aliphatic rings. The second kappa shape index (κ2) is 10.8. The molecule has 0 radical (unpaired) electrons. The first kappa shape index (κ1) is 28.8. The summed E-state index contributed by atoms with van der Waals surface area (Å²) in [6.45, 7) is 5.90. The van der Waals surface area contributed by atoms with E-state index in [0.717, 1.165) is 24.5 Å². The van der Waals surface area contributed by atoms with Gasteiger partial charge in [-0.3, -0.25) is 9.59 Å². The van der Waals surface area contributed by atoms with Crippen LogP contribution in [0.15, 0.2) is 18.2 Å². The van der Waals surface area contributed by atoms with Crippen LogP contribution in [0, 0.1) is 18.7 Å². The number of alkyl halides is 3. The standard InChI is InChI=1S/C30H35F4N5O3/c1-17(21-4-3-5-23(24(21)31)30(32,33)34)35-26-22-16-39(28(41)29(10-11-29)25(22)36-18(2)37-26)20-6-12-38(13-7-20)27(40)19-8-14-42-15-9-19/h3-5,17,19-20H,6-16H2,1-2H3,(H,35,36,37)/t17-/m1/s1. The van der Waals surface area contributed by atoms with Gasteiger partial charge < -0.3 is 19.9 Å². The molecule has 1 N–H and O–H groups in total. The third kappa shape index (κ3) is 5.11. The lowest BCUT2D eigenvalue weighted by molar-refractivity contribution is -0.143. The van der Waals surface area contributed by atoms with Crippen LogP contribution in [0.1, 0.15) is 79.7 Å². The average molecular weight is 590 g/mol. The number of rotatable bonds is 5. The van der Waals surface area contributed by atoms with Crippen molar-refractivity contribution >= 4 is 17.6 Å². The second-order valence-corrected chi connectivity index (χ2v) is 12.0. The zero-order valence-corrected chi connectivity index (χ0v) is 23.8. The third-order valence-corrected chi connectivity index (χ3v) is 9.26. The van der Waals surface area contributed by atoms with E-state index in [4.69, 9.17) is 4.74 Å². The Bertz CT molecular complexity index is 1380. The molecule has 3 aliphatic heterocycles. The van der Waals surface area contributed by atoms with E-state index in [2.05, 4.69) is 15.3 Å². The number of ether oxygens (including phenoxy) is 1. The third-order valence-electron chi connectivity index (χ3n) is 9.26. The van der Waals surface area contributed by atoms with Crippen LogP contribution in [-0.2, 0) is 32.5 Å². The molecule has 1 aromatic heterocycles. The molecule has 1 saturated carbocycles. The second-order valence-electron chi connectivity index (χ2n) is 12.0. The van der Waals surface area contributed by atoms with Crippen LogP contribution < -0.4 is 5.32 Å². The Morgan fingerprint density at radius 3 is 2.45 bits per heavy atom. The van der Waals surface area contributed by atoms with E-state index >= 15 is 0 Å². The van der Waals surface area contributed by atoms with Crippen molar-refractivity contribution in [1.82, 2.24) is 19.8 Å². The lowest BCUT2D eigenvalue weighted by atomic mass is 9.88. The lowest BCUT2D eigenvalue weighted by Gasteiger charge is -2.43. The first-order valence-corrected chi connectivity index (χ1v) is 14.7. The molecular weight excluding hydrogens is 554 g/mol. The van der Waals surface area contributed by atoms with Crippen LogP contribution in [0.5, 0.6) is 0 Å². The van der Waals surface area contributed by atoms with Crippen LogP contribution in [0.2, 0.25) is 0 Å². The number of carbonyl (C=O) groups excluding carboxylic acids is 2. The molecule has 2 aromatic rings. The van der Waals surface area contributed by atoms with Gasteiger partial charge in [0.25, 0.3) is 0 Å². The number of anilines is 1. The Morgan fingerprint density at radius 1 is 1.12 bits per heavy atom. The SMILES string of the molecule is Cc1nc(N[C@H](C)c2cccc(C(F)(F)F)c2F)c2c(n1)C1(CC1)C(=O)N(C1CCN(C(=O)C3CCOCC3)CC1)C2. The summed E-state index contributed by atoms with van der Waals surface area (Å²) in [7, 11) is 0. The number of piperidine rings is 1. The van der Waals surface area contributed by atoms with Gasteiger partial charge in [0, 0.05) is 49.4 Å². The maximum Gasteiger partial charge on any atom is 0.419 e. The molecule has 1 atom stereocenters. The minimum atomic E-state index is -4.81. The molecular formula is C30H35F4N5O3. The summed E-state index contributed by atoms with van der Waals surface area (Å²) in [6.07, 6.45) is -0.703. The zero-order valence-electron chi connectivity index (χ0n) is 23.8. The molecule has 226 valence electrons. The predicted molar refractivity (Wildman–Crippen MR) is 145 cm³/mol. The van der Waals surface area contributed by atoms with Crippen molar-refractivity contribution in [3.05, 3.63) is 52.2 Å². The maximum atomic E-state index is 15.0. The number of benzene rings is 1. The number of aromatic nitrogens is 2. The first-order chi connectivity index (χ1) is 20.0. The van der Waals surface area contributed by atoms with Gasteiger partial charge in [-0.25, -0.2) is 14.4 Å². The number of hydrogen-bond acceptors (Lipinski definition) is 6. The molecule has 2 amide bonds. The number of likely N-dealkylation sites (tertiary alicyclic amines) is 1. The molecule has 4 heterocycles. The molecule has 8 nitrogen and oxygen atoms in total. The highest BCUT2D eigenvalue weighted by Crippen LogP contribution is 2.54. The molecule has 0 bridgehead atoms. The predicted octanol–water partition coefficient (Wildman–Crippen LogP) is 4.91. The minimum absolute atomic E-state index is 0.00815. The van der Waals surface area contributed by atoms with E-state index in [9.17, 15) is 27.2 Å². The summed E-state index contributed by atoms with van der Waals surface area (Å²) in [6, 6.07) is 2.36. The highest BCUT2D eigenvalue weighted by atomic mass is 19.4. The van der Waals surface area contributed by atoms with E-state index in [0.29, 0.717) is 69.3 Å². The number of amides is 2. The summed E-state index contributed by atoms with van der Waals surface area (Å²) in [5.41, 5.74) is -0.802. The molecule has 42 heavy (non-hydrogen) atoms. The van der Waals surface area contributed by atoms with Crippen LogP contribution in [0.25, 0.3) is 0 Å². The number of aryl methyl sites for hydroxylation is 1. The fourth-order valence-corrected chi connectivity index (χ4v) is 6.74. The van der Waals surface area contributed by atoms with Crippen LogP contribution in [0.4, 0.5) is 23.4 Å². The van der Waals surface area contributed by atoms with E-state index in [1.165, 1.54) is 12.1 Å². The van der Waals surface area contributed by atoms with Crippen molar-refractivity contribution in [2.24, 2.45) is 5.92 Å². The maximum absolute atomic E-state index is 15.0. The Hall–Kier alpha value is -3.28. The van der Waals surface area contributed by atoms with Crippen molar-refractivity contribution < 1.29 is 31.9 Å². The fourth-order valence-electron chi connectivity index (χ4n) is 6.74. The summed E-state index contributed by atoms with van der Waals surface area (Å²) in [4.78, 5) is 39.9. The molecule has 2 saturated heterocycles. The summed E-state index contributed by atoms with van der Waals surface area (Å²) in [5, 5.41) is 3.15. The molecule has 1 aliphatic carbocycles.